The van der Waals surface area contributed by atoms with Crippen LogP contribution in [0.3, 0.4) is 0 Å². The predicted octanol–water partition coefficient (Wildman–Crippen LogP) is 1.75. The van der Waals surface area contributed by atoms with Crippen molar-refractivity contribution in [3.05, 3.63) is 11.9 Å². The molecular weight excluding hydrogens is 390 g/mol. The lowest BCUT2D eigenvalue weighted by molar-refractivity contribution is -0.0109. The first-order chi connectivity index (χ1) is 14.4. The molecule has 9 heteroatoms. The van der Waals surface area contributed by atoms with E-state index in [9.17, 15) is 0 Å². The molecule has 0 bridgehead atoms. The van der Waals surface area contributed by atoms with E-state index in [1.807, 2.05) is 20.8 Å². The summed E-state index contributed by atoms with van der Waals surface area (Å²) in [5.41, 5.74) is 5.74. The van der Waals surface area contributed by atoms with Crippen molar-refractivity contribution in [2.24, 2.45) is 17.5 Å². The summed E-state index contributed by atoms with van der Waals surface area (Å²) < 4.78 is 26.5. The molecule has 0 atom stereocenters. The number of hydrazine groups is 1. The number of ether oxygens (including phenoxy) is 5. The third kappa shape index (κ3) is 37.8. The molecule has 9 nitrogen and oxygen atoms in total. The lowest BCUT2D eigenvalue weighted by Gasteiger charge is -2.14. The quantitative estimate of drug-likeness (QED) is 0.166. The number of aliphatic hydroxyl groups is 1. The van der Waals surface area contributed by atoms with Gasteiger partial charge in [0, 0.05) is 12.8 Å². The minimum atomic E-state index is -0.218. The largest absolute Gasteiger partial charge is 0.399 e. The van der Waals surface area contributed by atoms with Gasteiger partial charge in [-0.25, -0.2) is 5.84 Å². The zero-order chi connectivity index (χ0) is 23.5. The molecule has 0 aromatic carbocycles. The Hall–Kier alpha value is -0.940. The van der Waals surface area contributed by atoms with E-state index in [-0.39, 0.29) is 6.61 Å². The van der Waals surface area contributed by atoms with Crippen LogP contribution in [0.15, 0.2) is 11.9 Å². The van der Waals surface area contributed by atoms with Gasteiger partial charge in [0.05, 0.1) is 78.3 Å². The van der Waals surface area contributed by atoms with Crippen LogP contribution in [0.5, 0.6) is 0 Å². The summed E-state index contributed by atoms with van der Waals surface area (Å²) in [6.07, 6.45) is 1.47. The van der Waals surface area contributed by atoms with Gasteiger partial charge in [0.25, 0.3) is 0 Å². The number of hydrogen-bond acceptors (Lipinski definition) is 9. The highest BCUT2D eigenvalue weighted by atomic mass is 16.6. The van der Waals surface area contributed by atoms with Crippen LogP contribution in [0.1, 0.15) is 41.5 Å². The molecule has 0 radical (unpaired) electrons. The maximum Gasteiger partial charge on any atom is 0.0840 e. The first kappa shape index (κ1) is 33.7. The van der Waals surface area contributed by atoms with Crippen LogP contribution in [-0.2, 0) is 23.7 Å². The van der Waals surface area contributed by atoms with Gasteiger partial charge >= 0.3 is 0 Å². The Bertz CT molecular complexity index is 331. The van der Waals surface area contributed by atoms with Gasteiger partial charge in [-0.3, -0.25) is 0 Å². The number of nitrogens with two attached hydrogens (primary N) is 2. The molecule has 5 N–H and O–H groups in total. The standard InChI is InChI=1S/C15H33N3O6.C4H10.C2H6/c1-2-20-5-6-22-9-10-24-12-11-23-8-7-21-4-3-18(17)13-15(16)14-19;1-4(2)3;1-2/h13,19H,2-12,14,16-17H2,1H3;4H,1-3H3;1-2H3/b15-13-;;. The van der Waals surface area contributed by atoms with E-state index in [0.29, 0.717) is 78.3 Å². The normalized spacial score (nSPS) is 10.9. The molecule has 0 fully saturated rings. The maximum absolute atomic E-state index is 8.74. The van der Waals surface area contributed by atoms with Crippen molar-refractivity contribution in [3.63, 3.8) is 0 Å². The summed E-state index contributed by atoms with van der Waals surface area (Å²) in [4.78, 5) is 0. The van der Waals surface area contributed by atoms with E-state index in [4.69, 9.17) is 40.4 Å². The Labute approximate surface area is 184 Å². The third-order valence-electron chi connectivity index (χ3n) is 2.70. The number of nitrogens with zero attached hydrogens (tertiary/aromatic N) is 1. The van der Waals surface area contributed by atoms with Crippen LogP contribution < -0.4 is 11.6 Å². The summed E-state index contributed by atoms with van der Waals surface area (Å²) in [5.74, 6) is 6.46. The summed E-state index contributed by atoms with van der Waals surface area (Å²) in [6.45, 7) is 18.2. The SMILES string of the molecule is CC.CC(C)C.CCOCCOCCOCCOCCOCCN(N)/C=C(\N)CO. The smallest absolute Gasteiger partial charge is 0.0840 e. The van der Waals surface area contributed by atoms with Crippen molar-refractivity contribution in [1.82, 2.24) is 5.01 Å². The average molecular weight is 440 g/mol. The zero-order valence-corrected chi connectivity index (χ0v) is 20.2. The highest BCUT2D eigenvalue weighted by Crippen LogP contribution is 1.87. The van der Waals surface area contributed by atoms with Gasteiger partial charge in [0.15, 0.2) is 0 Å². The fourth-order valence-electron chi connectivity index (χ4n) is 1.51. The fraction of sp³-hybridized carbons (Fsp3) is 0.905. The Morgan fingerprint density at radius 1 is 0.800 bits per heavy atom. The van der Waals surface area contributed by atoms with E-state index in [1.54, 1.807) is 0 Å². The van der Waals surface area contributed by atoms with Crippen molar-refractivity contribution in [1.29, 1.82) is 0 Å². The van der Waals surface area contributed by atoms with Crippen molar-refractivity contribution in [2.75, 3.05) is 79.2 Å². The van der Waals surface area contributed by atoms with Crippen molar-refractivity contribution in [3.8, 4) is 0 Å². The Morgan fingerprint density at radius 3 is 1.47 bits per heavy atom. The molecule has 0 saturated heterocycles. The lowest BCUT2D eigenvalue weighted by Crippen LogP contribution is -2.30. The summed E-state index contributed by atoms with van der Waals surface area (Å²) in [6, 6.07) is 0. The van der Waals surface area contributed by atoms with Gasteiger partial charge < -0.3 is 39.5 Å². The van der Waals surface area contributed by atoms with Gasteiger partial charge in [-0.15, -0.1) is 0 Å². The van der Waals surface area contributed by atoms with Crippen molar-refractivity contribution < 1.29 is 28.8 Å². The van der Waals surface area contributed by atoms with Gasteiger partial charge in [-0.2, -0.15) is 0 Å². The van der Waals surface area contributed by atoms with Crippen LogP contribution >= 0.6 is 0 Å². The lowest BCUT2D eigenvalue weighted by atomic mass is 10.3. The van der Waals surface area contributed by atoms with E-state index < -0.39 is 0 Å². The third-order valence-corrected chi connectivity index (χ3v) is 2.70. The van der Waals surface area contributed by atoms with Crippen molar-refractivity contribution >= 4 is 0 Å². The molecule has 0 aromatic heterocycles. The van der Waals surface area contributed by atoms with Crippen LogP contribution in [0.4, 0.5) is 0 Å². The van der Waals surface area contributed by atoms with E-state index in [1.165, 1.54) is 11.2 Å². The molecule has 30 heavy (non-hydrogen) atoms. The monoisotopic (exact) mass is 439 g/mol. The molecule has 0 unspecified atom stereocenters. The molecule has 184 valence electrons. The predicted molar refractivity (Wildman–Crippen MR) is 122 cm³/mol. The first-order valence-electron chi connectivity index (χ1n) is 10.9. The van der Waals surface area contributed by atoms with E-state index >= 15 is 0 Å². The highest BCUT2D eigenvalue weighted by molar-refractivity contribution is 4.94. The van der Waals surface area contributed by atoms with Crippen LogP contribution in [0.2, 0.25) is 0 Å². The van der Waals surface area contributed by atoms with Crippen molar-refractivity contribution in [2.45, 2.75) is 41.5 Å². The molecule has 0 rings (SSSR count). The summed E-state index contributed by atoms with van der Waals surface area (Å²) in [7, 11) is 0. The average Bonchev–Trinajstić information content (AvgIpc) is 2.71. The van der Waals surface area contributed by atoms with Crippen LogP contribution in [-0.4, -0.2) is 89.3 Å². The zero-order valence-electron chi connectivity index (χ0n) is 20.2. The Morgan fingerprint density at radius 2 is 1.13 bits per heavy atom. The van der Waals surface area contributed by atoms with Gasteiger partial charge in [-0.05, 0) is 12.8 Å². The molecule has 0 saturated carbocycles. The minimum Gasteiger partial charge on any atom is -0.399 e. The summed E-state index contributed by atoms with van der Waals surface area (Å²) in [5, 5.41) is 10.1. The van der Waals surface area contributed by atoms with Gasteiger partial charge in [0.2, 0.25) is 0 Å². The van der Waals surface area contributed by atoms with Crippen LogP contribution in [0, 0.1) is 5.92 Å². The first-order valence-corrected chi connectivity index (χ1v) is 10.9. The second-order valence-electron chi connectivity index (χ2n) is 6.48. The summed E-state index contributed by atoms with van der Waals surface area (Å²) >= 11 is 0. The van der Waals surface area contributed by atoms with Gasteiger partial charge in [-0.1, -0.05) is 34.6 Å². The Kier molecular flexibility index (Phi) is 34.0. The second-order valence-corrected chi connectivity index (χ2v) is 6.48. The number of rotatable bonds is 18. The van der Waals surface area contributed by atoms with E-state index in [2.05, 4.69) is 20.8 Å². The molecule has 0 amide bonds. The maximum atomic E-state index is 8.74. The second kappa shape index (κ2) is 30.3. The molecular formula is C21H49N3O6. The number of aliphatic hydroxyl groups excluding tert-OH is 1. The van der Waals surface area contributed by atoms with E-state index in [0.717, 1.165) is 5.92 Å². The molecule has 0 spiro atoms. The fourth-order valence-corrected chi connectivity index (χ4v) is 1.51. The molecule has 0 aliphatic rings. The number of hydrogen-bond donors (Lipinski definition) is 3. The van der Waals surface area contributed by atoms with Crippen LogP contribution in [0.25, 0.3) is 0 Å². The highest BCUT2D eigenvalue weighted by Gasteiger charge is 1.96. The minimum absolute atomic E-state index is 0.218. The molecule has 0 aromatic rings. The molecule has 0 heterocycles. The molecule has 0 aliphatic heterocycles. The topological polar surface area (TPSA) is 122 Å². The molecule has 0 aliphatic carbocycles. The van der Waals surface area contributed by atoms with Gasteiger partial charge in [0.1, 0.15) is 0 Å². The Balaban J connectivity index is -0.00000108.